The number of rotatable bonds is 6. The summed E-state index contributed by atoms with van der Waals surface area (Å²) in [5.41, 5.74) is 4.77. The minimum absolute atomic E-state index is 0.705. The predicted octanol–water partition coefficient (Wildman–Crippen LogP) is 5.54. The van der Waals surface area contributed by atoms with Crippen molar-refractivity contribution in [3.8, 4) is 11.1 Å². The second kappa shape index (κ2) is 8.11. The fourth-order valence-electron chi connectivity index (χ4n) is 3.11. The summed E-state index contributed by atoms with van der Waals surface area (Å²) < 4.78 is 2.01. The van der Waals surface area contributed by atoms with Crippen molar-refractivity contribution in [2.45, 2.75) is 13.1 Å². The van der Waals surface area contributed by atoms with Gasteiger partial charge < -0.3 is 5.01 Å². The van der Waals surface area contributed by atoms with Crippen LogP contribution in [0.3, 0.4) is 0 Å². The number of imidazole rings is 1. The average Bonchev–Trinajstić information content (AvgIpc) is 3.25. The van der Waals surface area contributed by atoms with Gasteiger partial charge in [0.05, 0.1) is 13.1 Å². The fraction of sp³-hybridized carbons (Fsp3) is 0.0870. The van der Waals surface area contributed by atoms with Crippen LogP contribution in [0.2, 0.25) is 5.02 Å². The van der Waals surface area contributed by atoms with Crippen molar-refractivity contribution in [3.63, 3.8) is 0 Å². The lowest BCUT2D eigenvalue weighted by atomic mass is 10.0. The molecule has 0 bridgehead atoms. The molecule has 1 aromatic heterocycles. The molecule has 0 radical (unpaired) electrons. The molecule has 0 unspecified atom stereocenters. The van der Waals surface area contributed by atoms with Gasteiger partial charge in [0, 0.05) is 17.4 Å². The summed E-state index contributed by atoms with van der Waals surface area (Å²) in [6, 6.07) is 27.1. The molecule has 1 heterocycles. The lowest BCUT2D eigenvalue weighted by molar-refractivity contribution is 0.576. The molecule has 0 N–H and O–H groups in total. The Morgan fingerprint density at radius 1 is 0.778 bits per heavy atom. The number of hydrogen-bond acceptors (Lipinski definition) is 2. The molecule has 0 amide bonds. The van der Waals surface area contributed by atoms with Crippen molar-refractivity contribution in [3.05, 3.63) is 114 Å². The topological polar surface area (TPSA) is 21.1 Å². The highest BCUT2D eigenvalue weighted by atomic mass is 35.5. The Morgan fingerprint density at radius 2 is 1.48 bits per heavy atom. The number of aromatic nitrogens is 2. The van der Waals surface area contributed by atoms with Crippen LogP contribution in [0.1, 0.15) is 11.1 Å². The molecule has 134 valence electrons. The maximum absolute atomic E-state index is 6.37. The van der Waals surface area contributed by atoms with Crippen LogP contribution in [0.5, 0.6) is 0 Å². The molecule has 4 aromatic rings. The van der Waals surface area contributed by atoms with Gasteiger partial charge in [-0.15, -0.1) is 0 Å². The standard InChI is InChI=1S/C23H20ClN3/c24-23-9-5-4-8-22(23)17-27(26-15-14-25-18-26)16-19-10-12-21(13-11-19)20-6-2-1-3-7-20/h1-15,18H,16-17H2. The van der Waals surface area contributed by atoms with E-state index in [4.69, 9.17) is 11.6 Å². The Morgan fingerprint density at radius 3 is 2.19 bits per heavy atom. The fourth-order valence-corrected chi connectivity index (χ4v) is 3.30. The molecule has 0 atom stereocenters. The molecule has 3 nitrogen and oxygen atoms in total. The number of nitrogens with zero attached hydrogens (tertiary/aromatic N) is 3. The third kappa shape index (κ3) is 4.21. The highest BCUT2D eigenvalue weighted by Gasteiger charge is 2.10. The van der Waals surface area contributed by atoms with E-state index in [0.717, 1.165) is 17.1 Å². The van der Waals surface area contributed by atoms with E-state index in [-0.39, 0.29) is 0 Å². The molecule has 27 heavy (non-hydrogen) atoms. The normalized spacial score (nSPS) is 10.7. The van der Waals surface area contributed by atoms with Crippen LogP contribution in [0, 0.1) is 0 Å². The van der Waals surface area contributed by atoms with E-state index in [2.05, 4.69) is 64.6 Å². The van der Waals surface area contributed by atoms with Crippen molar-refractivity contribution in [2.75, 3.05) is 5.01 Å². The van der Waals surface area contributed by atoms with Crippen molar-refractivity contribution in [2.24, 2.45) is 0 Å². The van der Waals surface area contributed by atoms with E-state index >= 15 is 0 Å². The molecular weight excluding hydrogens is 354 g/mol. The molecule has 0 aliphatic rings. The molecule has 0 fully saturated rings. The van der Waals surface area contributed by atoms with E-state index < -0.39 is 0 Å². The van der Waals surface area contributed by atoms with Gasteiger partial charge in [-0.05, 0) is 28.3 Å². The van der Waals surface area contributed by atoms with E-state index in [9.17, 15) is 0 Å². The Bertz CT molecular complexity index is 980. The zero-order chi connectivity index (χ0) is 18.5. The molecule has 0 aliphatic heterocycles. The summed E-state index contributed by atoms with van der Waals surface area (Å²) in [4.78, 5) is 4.19. The molecule has 3 aromatic carbocycles. The second-order valence-corrected chi connectivity index (χ2v) is 6.83. The van der Waals surface area contributed by atoms with Gasteiger partial charge in [0.15, 0.2) is 0 Å². The average molecular weight is 374 g/mol. The van der Waals surface area contributed by atoms with Crippen LogP contribution in [0.15, 0.2) is 97.6 Å². The van der Waals surface area contributed by atoms with Gasteiger partial charge in [-0.2, -0.15) is 0 Å². The van der Waals surface area contributed by atoms with Crippen LogP contribution in [-0.2, 0) is 13.1 Å². The van der Waals surface area contributed by atoms with Crippen LogP contribution in [0.25, 0.3) is 11.1 Å². The van der Waals surface area contributed by atoms with E-state index in [1.54, 1.807) is 6.20 Å². The van der Waals surface area contributed by atoms with Crippen molar-refractivity contribution < 1.29 is 0 Å². The Balaban J connectivity index is 1.56. The molecule has 4 heteroatoms. The zero-order valence-corrected chi connectivity index (χ0v) is 15.6. The molecule has 0 spiro atoms. The Hall–Kier alpha value is -3.04. The zero-order valence-electron chi connectivity index (χ0n) is 14.9. The van der Waals surface area contributed by atoms with Gasteiger partial charge in [0.2, 0.25) is 0 Å². The van der Waals surface area contributed by atoms with Gasteiger partial charge >= 0.3 is 0 Å². The summed E-state index contributed by atoms with van der Waals surface area (Å²) in [6.07, 6.45) is 5.56. The molecular formula is C23H20ClN3. The van der Waals surface area contributed by atoms with Gasteiger partial charge in [-0.3, -0.25) is 4.68 Å². The summed E-state index contributed by atoms with van der Waals surface area (Å²) in [6.45, 7) is 1.47. The summed E-state index contributed by atoms with van der Waals surface area (Å²) >= 11 is 6.37. The molecule has 0 saturated carbocycles. The summed E-state index contributed by atoms with van der Waals surface area (Å²) in [5.74, 6) is 0. The van der Waals surface area contributed by atoms with Gasteiger partial charge in [-0.25, -0.2) is 4.98 Å². The first-order valence-electron chi connectivity index (χ1n) is 8.90. The van der Waals surface area contributed by atoms with Crippen LogP contribution < -0.4 is 5.01 Å². The maximum atomic E-state index is 6.37. The SMILES string of the molecule is Clc1ccccc1CN(Cc1ccc(-c2ccccc2)cc1)n1ccnc1. The van der Waals surface area contributed by atoms with Crippen molar-refractivity contribution >= 4 is 11.6 Å². The number of benzene rings is 3. The van der Waals surface area contributed by atoms with Crippen LogP contribution >= 0.6 is 11.6 Å². The monoisotopic (exact) mass is 373 g/mol. The number of halogens is 1. The van der Waals surface area contributed by atoms with E-state index in [0.29, 0.717) is 6.54 Å². The minimum atomic E-state index is 0.705. The third-order valence-corrected chi connectivity index (χ3v) is 4.92. The van der Waals surface area contributed by atoms with Crippen molar-refractivity contribution in [1.29, 1.82) is 0 Å². The molecule has 0 aliphatic carbocycles. The Labute approximate surface area is 164 Å². The van der Waals surface area contributed by atoms with Gasteiger partial charge in [0.25, 0.3) is 0 Å². The highest BCUT2D eigenvalue weighted by molar-refractivity contribution is 6.31. The highest BCUT2D eigenvalue weighted by Crippen LogP contribution is 2.21. The second-order valence-electron chi connectivity index (χ2n) is 6.42. The third-order valence-electron chi connectivity index (χ3n) is 4.55. The van der Waals surface area contributed by atoms with Crippen LogP contribution in [0.4, 0.5) is 0 Å². The van der Waals surface area contributed by atoms with E-state index in [1.807, 2.05) is 41.5 Å². The first-order chi connectivity index (χ1) is 13.3. The minimum Gasteiger partial charge on any atom is -0.303 e. The first-order valence-corrected chi connectivity index (χ1v) is 9.28. The smallest absolute Gasteiger partial charge is 0.114 e. The lowest BCUT2D eigenvalue weighted by Crippen LogP contribution is -2.32. The quantitative estimate of drug-likeness (QED) is 0.442. The van der Waals surface area contributed by atoms with E-state index in [1.165, 1.54) is 16.7 Å². The largest absolute Gasteiger partial charge is 0.303 e. The maximum Gasteiger partial charge on any atom is 0.114 e. The summed E-state index contributed by atoms with van der Waals surface area (Å²) in [5, 5.41) is 2.99. The van der Waals surface area contributed by atoms with Gasteiger partial charge in [0.1, 0.15) is 6.33 Å². The predicted molar refractivity (Wildman–Crippen MR) is 111 cm³/mol. The molecule has 0 saturated heterocycles. The Kier molecular flexibility index (Phi) is 5.22. The first kappa shape index (κ1) is 17.4. The van der Waals surface area contributed by atoms with Crippen molar-refractivity contribution in [1.82, 2.24) is 9.66 Å². The number of hydrogen-bond donors (Lipinski definition) is 0. The lowest BCUT2D eigenvalue weighted by Gasteiger charge is -2.26. The molecule has 4 rings (SSSR count). The van der Waals surface area contributed by atoms with Crippen LogP contribution in [-0.4, -0.2) is 9.66 Å². The summed E-state index contributed by atoms with van der Waals surface area (Å²) in [7, 11) is 0. The van der Waals surface area contributed by atoms with Gasteiger partial charge in [-0.1, -0.05) is 84.4 Å².